The van der Waals surface area contributed by atoms with Crippen LogP contribution in [0.5, 0.6) is 0 Å². The largest absolute Gasteiger partial charge is 0.355 e. The molecule has 9 heteroatoms. The van der Waals surface area contributed by atoms with Gasteiger partial charge in [-0.05, 0) is 44.2 Å². The maximum absolute atomic E-state index is 12.2. The van der Waals surface area contributed by atoms with Crippen molar-refractivity contribution in [3.63, 3.8) is 0 Å². The first-order valence-electron chi connectivity index (χ1n) is 10.5. The number of hydrogen-bond acceptors (Lipinski definition) is 4. The van der Waals surface area contributed by atoms with Gasteiger partial charge in [0.2, 0.25) is 5.91 Å². The molecule has 3 rings (SSSR count). The van der Waals surface area contributed by atoms with Crippen molar-refractivity contribution in [2.45, 2.75) is 71.3 Å². The molecule has 0 spiro atoms. The van der Waals surface area contributed by atoms with Crippen LogP contribution in [0.4, 0.5) is 0 Å². The van der Waals surface area contributed by atoms with E-state index in [4.69, 9.17) is 0 Å². The van der Waals surface area contributed by atoms with Gasteiger partial charge in [-0.25, -0.2) is 4.98 Å². The summed E-state index contributed by atoms with van der Waals surface area (Å²) < 4.78 is 1.65. The lowest BCUT2D eigenvalue weighted by molar-refractivity contribution is -0.121. The van der Waals surface area contributed by atoms with E-state index in [0.717, 1.165) is 23.4 Å². The standard InChI is InChI=1S/C21H33N5O2.2ClH/c1-14-17(15(2)24-20-19(14)21(28)25-26(20)3)10-11-18(27)23-13-12-22-16-8-6-4-5-7-9-16;;/h16,22H,4-13H2,1-3H3,(H,23,27)(H,25,28);2*1H. The van der Waals surface area contributed by atoms with E-state index in [-0.39, 0.29) is 36.3 Å². The lowest BCUT2D eigenvalue weighted by atomic mass is 10.0. The molecule has 2 aromatic heterocycles. The highest BCUT2D eigenvalue weighted by Crippen LogP contribution is 2.21. The molecule has 0 aliphatic heterocycles. The second kappa shape index (κ2) is 12.3. The minimum Gasteiger partial charge on any atom is -0.355 e. The van der Waals surface area contributed by atoms with Gasteiger partial charge in [0.1, 0.15) is 0 Å². The molecule has 30 heavy (non-hydrogen) atoms. The zero-order valence-electron chi connectivity index (χ0n) is 18.2. The zero-order chi connectivity index (χ0) is 20.1. The van der Waals surface area contributed by atoms with E-state index >= 15 is 0 Å². The zero-order valence-corrected chi connectivity index (χ0v) is 19.8. The summed E-state index contributed by atoms with van der Waals surface area (Å²) in [7, 11) is 1.78. The number of aromatic amines is 1. The van der Waals surface area contributed by atoms with Crippen LogP contribution in [-0.2, 0) is 18.3 Å². The number of aromatic nitrogens is 3. The molecule has 0 radical (unpaired) electrons. The molecule has 0 aromatic carbocycles. The predicted molar refractivity (Wildman–Crippen MR) is 126 cm³/mol. The first-order chi connectivity index (χ1) is 13.5. The average molecular weight is 460 g/mol. The molecular formula is C21H35Cl2N5O2. The van der Waals surface area contributed by atoms with Gasteiger partial charge in [0.15, 0.2) is 5.65 Å². The molecule has 0 atom stereocenters. The number of nitrogens with zero attached hydrogens (tertiary/aromatic N) is 2. The maximum Gasteiger partial charge on any atom is 0.273 e. The van der Waals surface area contributed by atoms with E-state index in [0.29, 0.717) is 36.5 Å². The Hall–Kier alpha value is -1.57. The van der Waals surface area contributed by atoms with Gasteiger partial charge in [-0.2, -0.15) is 0 Å². The van der Waals surface area contributed by atoms with E-state index in [1.165, 1.54) is 38.5 Å². The van der Waals surface area contributed by atoms with Crippen molar-refractivity contribution in [1.29, 1.82) is 0 Å². The topological polar surface area (TPSA) is 91.8 Å². The van der Waals surface area contributed by atoms with Crippen molar-refractivity contribution >= 4 is 41.8 Å². The second-order valence-corrected chi connectivity index (χ2v) is 7.99. The highest BCUT2D eigenvalue weighted by atomic mass is 35.5. The molecule has 7 nitrogen and oxygen atoms in total. The fourth-order valence-electron chi connectivity index (χ4n) is 4.30. The van der Waals surface area contributed by atoms with Crippen molar-refractivity contribution < 1.29 is 4.79 Å². The lowest BCUT2D eigenvalue weighted by Gasteiger charge is -2.16. The monoisotopic (exact) mass is 459 g/mol. The van der Waals surface area contributed by atoms with Crippen molar-refractivity contribution in [2.75, 3.05) is 13.1 Å². The number of nitrogens with one attached hydrogen (secondary N) is 3. The Balaban J connectivity index is 0.00000225. The third-order valence-electron chi connectivity index (χ3n) is 5.91. The fourth-order valence-corrected chi connectivity index (χ4v) is 4.30. The highest BCUT2D eigenvalue weighted by molar-refractivity contribution is 5.85. The Morgan fingerprint density at radius 1 is 1.13 bits per heavy atom. The Morgan fingerprint density at radius 3 is 2.47 bits per heavy atom. The van der Waals surface area contributed by atoms with Crippen LogP contribution in [-0.4, -0.2) is 39.8 Å². The summed E-state index contributed by atoms with van der Waals surface area (Å²) >= 11 is 0. The third-order valence-corrected chi connectivity index (χ3v) is 5.91. The summed E-state index contributed by atoms with van der Waals surface area (Å²) in [6.45, 7) is 5.36. The van der Waals surface area contributed by atoms with Crippen LogP contribution in [0, 0.1) is 13.8 Å². The Labute approximate surface area is 190 Å². The van der Waals surface area contributed by atoms with Crippen LogP contribution in [0.3, 0.4) is 0 Å². The molecule has 2 heterocycles. The molecular weight excluding hydrogens is 425 g/mol. The number of halogens is 2. The number of hydrogen-bond donors (Lipinski definition) is 3. The summed E-state index contributed by atoms with van der Waals surface area (Å²) in [5.41, 5.74) is 3.33. The molecule has 170 valence electrons. The maximum atomic E-state index is 12.2. The number of H-pyrrole nitrogens is 1. The van der Waals surface area contributed by atoms with Crippen molar-refractivity contribution in [2.24, 2.45) is 7.05 Å². The van der Waals surface area contributed by atoms with Crippen LogP contribution < -0.4 is 16.2 Å². The molecule has 1 aliphatic rings. The van der Waals surface area contributed by atoms with E-state index in [2.05, 4.69) is 20.7 Å². The van der Waals surface area contributed by atoms with Gasteiger partial charge in [-0.3, -0.25) is 19.4 Å². The molecule has 0 bridgehead atoms. The van der Waals surface area contributed by atoms with E-state index in [1.54, 1.807) is 11.7 Å². The molecule has 2 aromatic rings. The second-order valence-electron chi connectivity index (χ2n) is 7.99. The quantitative estimate of drug-likeness (QED) is 0.438. The van der Waals surface area contributed by atoms with Gasteiger partial charge >= 0.3 is 0 Å². The first-order valence-corrected chi connectivity index (χ1v) is 10.5. The number of aryl methyl sites for hydroxylation is 3. The molecule has 1 fully saturated rings. The van der Waals surface area contributed by atoms with Gasteiger partial charge in [-0.1, -0.05) is 25.7 Å². The summed E-state index contributed by atoms with van der Waals surface area (Å²) in [5, 5.41) is 9.95. The number of pyridine rings is 1. The number of carbonyl (C=O) groups is 1. The van der Waals surface area contributed by atoms with Gasteiger partial charge in [0.05, 0.1) is 5.39 Å². The third kappa shape index (κ3) is 6.46. The molecule has 0 saturated heterocycles. The summed E-state index contributed by atoms with van der Waals surface area (Å²) in [5.74, 6) is 0.0449. The van der Waals surface area contributed by atoms with Crippen LogP contribution in [0.15, 0.2) is 4.79 Å². The number of fused-ring (bicyclic) bond motifs is 1. The number of rotatable bonds is 7. The molecule has 3 N–H and O–H groups in total. The minimum atomic E-state index is -0.127. The first kappa shape index (κ1) is 26.5. The van der Waals surface area contributed by atoms with Gasteiger partial charge < -0.3 is 10.6 Å². The molecule has 1 amide bonds. The van der Waals surface area contributed by atoms with Crippen LogP contribution in [0.1, 0.15) is 61.8 Å². The predicted octanol–water partition coefficient (Wildman–Crippen LogP) is 3.08. The summed E-state index contributed by atoms with van der Waals surface area (Å²) in [6.07, 6.45) is 8.82. The molecule has 0 unspecified atom stereocenters. The molecule has 1 saturated carbocycles. The van der Waals surface area contributed by atoms with E-state index in [9.17, 15) is 9.59 Å². The van der Waals surface area contributed by atoms with E-state index < -0.39 is 0 Å². The summed E-state index contributed by atoms with van der Waals surface area (Å²) in [4.78, 5) is 29.0. The average Bonchev–Trinajstić information content (AvgIpc) is 2.83. The van der Waals surface area contributed by atoms with Crippen LogP contribution in [0.2, 0.25) is 0 Å². The lowest BCUT2D eigenvalue weighted by Crippen LogP contribution is -2.37. The van der Waals surface area contributed by atoms with Gasteiger partial charge in [-0.15, -0.1) is 24.8 Å². The Morgan fingerprint density at radius 2 is 1.80 bits per heavy atom. The SMILES string of the molecule is Cc1nc2c(c(C)c1CCC(=O)NCCNC1CCCCCC1)c(=O)[nH]n2C.Cl.Cl. The smallest absolute Gasteiger partial charge is 0.273 e. The van der Waals surface area contributed by atoms with Crippen LogP contribution >= 0.6 is 24.8 Å². The minimum absolute atomic E-state index is 0. The number of amides is 1. The molecule has 1 aliphatic carbocycles. The van der Waals surface area contributed by atoms with Gasteiger partial charge in [0, 0.05) is 38.3 Å². The van der Waals surface area contributed by atoms with Gasteiger partial charge in [0.25, 0.3) is 5.56 Å². The van der Waals surface area contributed by atoms with Crippen LogP contribution in [0.25, 0.3) is 11.0 Å². The Bertz CT molecular complexity index is 886. The summed E-state index contributed by atoms with van der Waals surface area (Å²) in [6, 6.07) is 0.603. The number of carbonyl (C=O) groups excluding carboxylic acids is 1. The van der Waals surface area contributed by atoms with E-state index in [1.807, 2.05) is 13.8 Å². The van der Waals surface area contributed by atoms with Crippen molar-refractivity contribution in [3.8, 4) is 0 Å². The normalized spacial score (nSPS) is 14.6. The Kier molecular flexibility index (Phi) is 10.9. The van der Waals surface area contributed by atoms with Crippen molar-refractivity contribution in [3.05, 3.63) is 27.2 Å². The fraction of sp³-hybridized carbons (Fsp3) is 0.667. The highest BCUT2D eigenvalue weighted by Gasteiger charge is 2.16. The van der Waals surface area contributed by atoms with Crippen molar-refractivity contribution in [1.82, 2.24) is 25.4 Å².